The van der Waals surface area contributed by atoms with E-state index in [9.17, 15) is 4.79 Å². The van der Waals surface area contributed by atoms with Crippen LogP contribution in [0.25, 0.3) is 0 Å². The van der Waals surface area contributed by atoms with Gasteiger partial charge in [-0.1, -0.05) is 6.07 Å². The number of amides is 1. The maximum atomic E-state index is 11.8. The number of carbonyl (C=O) groups excluding carboxylic acids is 1. The SMILES string of the molecule is COc1ccc(/C=N/NC(=O)CCCOc2ccc(C)cc2Br)cc1Br. The summed E-state index contributed by atoms with van der Waals surface area (Å²) in [6.07, 6.45) is 2.53. The number of nitrogens with zero attached hydrogens (tertiary/aromatic N) is 1. The third-order valence-corrected chi connectivity index (χ3v) is 4.71. The molecular weight excluding hydrogens is 464 g/mol. The van der Waals surface area contributed by atoms with Crippen LogP contribution in [0.1, 0.15) is 24.0 Å². The Balaban J connectivity index is 1.71. The van der Waals surface area contributed by atoms with Gasteiger partial charge < -0.3 is 9.47 Å². The third kappa shape index (κ3) is 6.46. The summed E-state index contributed by atoms with van der Waals surface area (Å²) >= 11 is 6.87. The zero-order chi connectivity index (χ0) is 18.9. The van der Waals surface area contributed by atoms with E-state index in [2.05, 4.69) is 42.4 Å². The molecule has 5 nitrogen and oxygen atoms in total. The maximum absolute atomic E-state index is 11.8. The quantitative estimate of drug-likeness (QED) is 0.332. The molecule has 2 aromatic rings. The van der Waals surface area contributed by atoms with Gasteiger partial charge in [0.05, 0.1) is 28.9 Å². The Morgan fingerprint density at radius 3 is 2.58 bits per heavy atom. The van der Waals surface area contributed by atoms with Gasteiger partial charge >= 0.3 is 0 Å². The Hall–Kier alpha value is -1.86. The highest BCUT2D eigenvalue weighted by molar-refractivity contribution is 9.10. The van der Waals surface area contributed by atoms with Gasteiger partial charge in [-0.15, -0.1) is 0 Å². The number of hydrogen-bond acceptors (Lipinski definition) is 4. The van der Waals surface area contributed by atoms with Crippen molar-refractivity contribution in [1.29, 1.82) is 0 Å². The molecule has 0 fully saturated rings. The largest absolute Gasteiger partial charge is 0.496 e. The van der Waals surface area contributed by atoms with Crippen LogP contribution in [0.3, 0.4) is 0 Å². The molecule has 0 aliphatic heterocycles. The van der Waals surface area contributed by atoms with Crippen LogP contribution >= 0.6 is 31.9 Å². The predicted molar refractivity (Wildman–Crippen MR) is 110 cm³/mol. The number of nitrogens with one attached hydrogen (secondary N) is 1. The molecule has 0 radical (unpaired) electrons. The van der Waals surface area contributed by atoms with Crippen molar-refractivity contribution >= 4 is 44.0 Å². The van der Waals surface area contributed by atoms with E-state index in [0.717, 1.165) is 31.6 Å². The zero-order valence-corrected chi connectivity index (χ0v) is 17.8. The number of benzene rings is 2. The number of hydrogen-bond donors (Lipinski definition) is 1. The summed E-state index contributed by atoms with van der Waals surface area (Å²) in [4.78, 5) is 11.8. The summed E-state index contributed by atoms with van der Waals surface area (Å²) in [5.74, 6) is 1.37. The number of rotatable bonds is 8. The Labute approximate surface area is 170 Å². The molecule has 26 heavy (non-hydrogen) atoms. The first-order chi connectivity index (χ1) is 12.5. The molecule has 1 N–H and O–H groups in total. The summed E-state index contributed by atoms with van der Waals surface area (Å²) in [6, 6.07) is 11.4. The van der Waals surface area contributed by atoms with Crippen molar-refractivity contribution in [2.45, 2.75) is 19.8 Å². The average molecular weight is 484 g/mol. The molecule has 138 valence electrons. The van der Waals surface area contributed by atoms with Crippen molar-refractivity contribution in [2.75, 3.05) is 13.7 Å². The topological polar surface area (TPSA) is 59.9 Å². The standard InChI is InChI=1S/C19H20Br2N2O3/c1-13-5-7-18(15(20)10-13)26-9-3-4-19(24)23-22-12-14-6-8-17(25-2)16(21)11-14/h5-8,10-12H,3-4,9H2,1-2H3,(H,23,24)/b22-12+. The number of methoxy groups -OCH3 is 1. The van der Waals surface area contributed by atoms with Gasteiger partial charge in [0, 0.05) is 6.42 Å². The van der Waals surface area contributed by atoms with Gasteiger partial charge in [0.15, 0.2) is 0 Å². The Morgan fingerprint density at radius 1 is 1.15 bits per heavy atom. The molecule has 0 saturated heterocycles. The first-order valence-electron chi connectivity index (χ1n) is 8.04. The van der Waals surface area contributed by atoms with Gasteiger partial charge in [-0.2, -0.15) is 5.10 Å². The minimum atomic E-state index is -0.152. The maximum Gasteiger partial charge on any atom is 0.240 e. The monoisotopic (exact) mass is 482 g/mol. The minimum Gasteiger partial charge on any atom is -0.496 e. The molecule has 0 aromatic heterocycles. The lowest BCUT2D eigenvalue weighted by atomic mass is 10.2. The van der Waals surface area contributed by atoms with E-state index in [0.29, 0.717) is 19.4 Å². The van der Waals surface area contributed by atoms with Gasteiger partial charge in [-0.05, 0) is 86.7 Å². The molecule has 7 heteroatoms. The van der Waals surface area contributed by atoms with Gasteiger partial charge in [0.2, 0.25) is 5.91 Å². The van der Waals surface area contributed by atoms with Crippen LogP contribution in [-0.4, -0.2) is 25.8 Å². The molecule has 0 aliphatic carbocycles. The fraction of sp³-hybridized carbons (Fsp3) is 0.263. The lowest BCUT2D eigenvalue weighted by Gasteiger charge is -2.08. The summed E-state index contributed by atoms with van der Waals surface area (Å²) < 4.78 is 12.6. The van der Waals surface area contributed by atoms with E-state index >= 15 is 0 Å². The number of carbonyl (C=O) groups is 1. The fourth-order valence-electron chi connectivity index (χ4n) is 2.14. The van der Waals surface area contributed by atoms with Gasteiger partial charge in [-0.3, -0.25) is 4.79 Å². The average Bonchev–Trinajstić information content (AvgIpc) is 2.60. The molecule has 0 aliphatic rings. The lowest BCUT2D eigenvalue weighted by molar-refractivity contribution is -0.121. The molecule has 0 saturated carbocycles. The molecule has 0 unspecified atom stereocenters. The van der Waals surface area contributed by atoms with E-state index in [1.54, 1.807) is 13.3 Å². The third-order valence-electron chi connectivity index (χ3n) is 3.47. The minimum absolute atomic E-state index is 0.152. The fourth-order valence-corrected chi connectivity index (χ4v) is 3.30. The van der Waals surface area contributed by atoms with Crippen LogP contribution in [0.2, 0.25) is 0 Å². The van der Waals surface area contributed by atoms with Crippen LogP contribution in [0, 0.1) is 6.92 Å². The first kappa shape index (κ1) is 20.5. The van der Waals surface area contributed by atoms with Crippen molar-refractivity contribution in [1.82, 2.24) is 5.43 Å². The highest BCUT2D eigenvalue weighted by Gasteiger charge is 2.04. The van der Waals surface area contributed by atoms with Crippen molar-refractivity contribution in [3.05, 3.63) is 56.5 Å². The summed E-state index contributed by atoms with van der Waals surface area (Å²) in [7, 11) is 1.61. The Morgan fingerprint density at radius 2 is 1.88 bits per heavy atom. The normalized spacial score (nSPS) is 10.8. The second kappa shape index (κ2) is 10.3. The summed E-state index contributed by atoms with van der Waals surface area (Å²) in [5.41, 5.74) is 4.53. The lowest BCUT2D eigenvalue weighted by Crippen LogP contribution is -2.18. The Kier molecular flexibility index (Phi) is 8.12. The summed E-state index contributed by atoms with van der Waals surface area (Å²) in [6.45, 7) is 2.48. The van der Waals surface area contributed by atoms with E-state index in [4.69, 9.17) is 9.47 Å². The van der Waals surface area contributed by atoms with Gasteiger partial charge in [0.1, 0.15) is 11.5 Å². The number of halogens is 2. The van der Waals surface area contributed by atoms with Crippen LogP contribution in [0.4, 0.5) is 0 Å². The second-order valence-electron chi connectivity index (χ2n) is 5.57. The predicted octanol–water partition coefficient (Wildman–Crippen LogP) is 4.84. The highest BCUT2D eigenvalue weighted by Crippen LogP contribution is 2.26. The second-order valence-corrected chi connectivity index (χ2v) is 7.28. The smallest absolute Gasteiger partial charge is 0.240 e. The van der Waals surface area contributed by atoms with Crippen molar-refractivity contribution < 1.29 is 14.3 Å². The van der Waals surface area contributed by atoms with Crippen LogP contribution in [0.15, 0.2) is 50.4 Å². The number of hydrazone groups is 1. The molecular formula is C19H20Br2N2O3. The molecule has 2 rings (SSSR count). The van der Waals surface area contributed by atoms with Crippen LogP contribution < -0.4 is 14.9 Å². The first-order valence-corrected chi connectivity index (χ1v) is 9.62. The summed E-state index contributed by atoms with van der Waals surface area (Å²) in [5, 5.41) is 3.96. The molecule has 1 amide bonds. The van der Waals surface area contributed by atoms with E-state index in [1.165, 1.54) is 0 Å². The van der Waals surface area contributed by atoms with E-state index in [-0.39, 0.29) is 5.91 Å². The van der Waals surface area contributed by atoms with Crippen molar-refractivity contribution in [3.8, 4) is 11.5 Å². The Bertz CT molecular complexity index is 794. The van der Waals surface area contributed by atoms with Gasteiger partial charge in [0.25, 0.3) is 0 Å². The van der Waals surface area contributed by atoms with Crippen molar-refractivity contribution in [2.24, 2.45) is 5.10 Å². The molecule has 0 spiro atoms. The van der Waals surface area contributed by atoms with E-state index < -0.39 is 0 Å². The van der Waals surface area contributed by atoms with Gasteiger partial charge in [-0.25, -0.2) is 5.43 Å². The molecule has 0 heterocycles. The number of ether oxygens (including phenoxy) is 2. The van der Waals surface area contributed by atoms with Crippen LogP contribution in [-0.2, 0) is 4.79 Å². The van der Waals surface area contributed by atoms with Crippen molar-refractivity contribution in [3.63, 3.8) is 0 Å². The number of aryl methyl sites for hydroxylation is 1. The van der Waals surface area contributed by atoms with E-state index in [1.807, 2.05) is 43.3 Å². The zero-order valence-electron chi connectivity index (χ0n) is 14.6. The highest BCUT2D eigenvalue weighted by atomic mass is 79.9. The molecule has 2 aromatic carbocycles. The molecule has 0 bridgehead atoms. The van der Waals surface area contributed by atoms with Crippen LogP contribution in [0.5, 0.6) is 11.5 Å². The molecule has 0 atom stereocenters.